The molecule has 0 heterocycles. The Labute approximate surface area is 251 Å². The van der Waals surface area contributed by atoms with Gasteiger partial charge in [-0.05, 0) is 84.2 Å². The Morgan fingerprint density at radius 3 is 2.02 bits per heavy atom. The van der Waals surface area contributed by atoms with E-state index in [4.69, 9.17) is 9.47 Å². The molecule has 0 bridgehead atoms. The molecule has 3 rings (SSSR count). The molecule has 2 N–H and O–H groups in total. The minimum Gasteiger partial charge on any atom is -0.462 e. The van der Waals surface area contributed by atoms with E-state index in [1.54, 1.807) is 0 Å². The third-order valence-corrected chi connectivity index (χ3v) is 8.81. The zero-order valence-corrected chi connectivity index (χ0v) is 25.7. The van der Waals surface area contributed by atoms with Crippen molar-refractivity contribution in [3.8, 4) is 0 Å². The Morgan fingerprint density at radius 1 is 0.833 bits per heavy atom. The first kappa shape index (κ1) is 33.5. The van der Waals surface area contributed by atoms with Crippen molar-refractivity contribution in [2.75, 3.05) is 26.4 Å². The van der Waals surface area contributed by atoms with Gasteiger partial charge in [-0.15, -0.1) is 0 Å². The molecule has 1 aliphatic rings. The van der Waals surface area contributed by atoms with Crippen LogP contribution in [-0.2, 0) is 31.9 Å². The highest BCUT2D eigenvalue weighted by atomic mass is 16.5. The number of ether oxygens (including phenoxy) is 2. The first-order valence-corrected chi connectivity index (χ1v) is 15.8. The van der Waals surface area contributed by atoms with Crippen molar-refractivity contribution in [3.05, 3.63) is 71.3 Å². The van der Waals surface area contributed by atoms with Gasteiger partial charge in [-0.1, -0.05) is 83.0 Å². The Kier molecular flexibility index (Phi) is 13.8. The first-order valence-electron chi connectivity index (χ1n) is 15.8. The summed E-state index contributed by atoms with van der Waals surface area (Å²) >= 11 is 0. The van der Waals surface area contributed by atoms with Gasteiger partial charge in [0.2, 0.25) is 0 Å². The van der Waals surface area contributed by atoms with Gasteiger partial charge >= 0.3 is 11.9 Å². The van der Waals surface area contributed by atoms with Crippen molar-refractivity contribution in [3.63, 3.8) is 0 Å². The maximum absolute atomic E-state index is 12.1. The quantitative estimate of drug-likeness (QED) is 0.119. The Morgan fingerprint density at radius 2 is 1.45 bits per heavy atom. The van der Waals surface area contributed by atoms with Gasteiger partial charge in [-0.25, -0.2) is 9.59 Å². The first-order chi connectivity index (χ1) is 20.3. The second-order valence-electron chi connectivity index (χ2n) is 11.8. The highest BCUT2D eigenvalue weighted by Gasteiger charge is 2.31. The number of rotatable bonds is 17. The molecular weight excluding hydrogens is 528 g/mol. The summed E-state index contributed by atoms with van der Waals surface area (Å²) in [6.45, 7) is 10.8. The maximum Gasteiger partial charge on any atom is 0.335 e. The van der Waals surface area contributed by atoms with Crippen molar-refractivity contribution >= 4 is 22.7 Å². The minimum atomic E-state index is -0.648. The number of aryl methyl sites for hydroxylation is 2. The van der Waals surface area contributed by atoms with Crippen LogP contribution in [0, 0.1) is 11.8 Å². The summed E-state index contributed by atoms with van der Waals surface area (Å²) in [7, 11) is 0. The van der Waals surface area contributed by atoms with Crippen LogP contribution in [0.1, 0.15) is 94.2 Å². The van der Waals surface area contributed by atoms with Crippen LogP contribution in [0.3, 0.4) is 0 Å². The lowest BCUT2D eigenvalue weighted by Crippen LogP contribution is -2.31. The van der Waals surface area contributed by atoms with Crippen LogP contribution in [0.5, 0.6) is 0 Å². The predicted octanol–water partition coefficient (Wildman–Crippen LogP) is 6.99. The number of carbonyl (C=O) groups is 2. The van der Waals surface area contributed by atoms with Crippen LogP contribution in [-0.4, -0.2) is 48.6 Å². The molecule has 2 aromatic carbocycles. The lowest BCUT2D eigenvalue weighted by atomic mass is 9.73. The number of hydrogen-bond acceptors (Lipinski definition) is 6. The van der Waals surface area contributed by atoms with Crippen LogP contribution in [0.2, 0.25) is 0 Å². The maximum atomic E-state index is 12.1. The molecule has 2 aromatic rings. The standard InChI is InChI=1S/C36H50O6/c1-5-7-8-9-10-11-27-12-13-31-20-34(28(6-2)19-32(31)18-27)30-16-14-29(15-17-30)33(23-41-35(39)25(3)21-37)24-42-36(40)26(4)22-38/h12-13,18-20,29-30,33,37-38H,3-11,14-17,21-24H2,1-2H3. The van der Waals surface area contributed by atoms with Gasteiger partial charge in [0.05, 0.1) is 37.6 Å². The van der Waals surface area contributed by atoms with E-state index in [9.17, 15) is 19.8 Å². The fraction of sp³-hybridized carbons (Fsp3) is 0.556. The van der Waals surface area contributed by atoms with Crippen LogP contribution in [0.25, 0.3) is 10.8 Å². The molecule has 0 aromatic heterocycles. The molecule has 0 amide bonds. The number of aliphatic hydroxyl groups is 2. The van der Waals surface area contributed by atoms with E-state index in [0.717, 1.165) is 38.5 Å². The number of aliphatic hydroxyl groups excluding tert-OH is 2. The molecule has 0 atom stereocenters. The fourth-order valence-electron chi connectivity index (χ4n) is 6.11. The molecular formula is C36H50O6. The van der Waals surface area contributed by atoms with Crippen LogP contribution < -0.4 is 0 Å². The minimum absolute atomic E-state index is 0.00870. The number of fused-ring (bicyclic) bond motifs is 1. The van der Waals surface area contributed by atoms with E-state index in [2.05, 4.69) is 57.3 Å². The average Bonchev–Trinajstić information content (AvgIpc) is 3.02. The number of hydrogen-bond donors (Lipinski definition) is 2. The van der Waals surface area contributed by atoms with Gasteiger partial charge in [-0.2, -0.15) is 0 Å². The summed E-state index contributed by atoms with van der Waals surface area (Å²) in [5, 5.41) is 21.0. The zero-order chi connectivity index (χ0) is 30.5. The molecule has 0 aliphatic heterocycles. The summed E-state index contributed by atoms with van der Waals surface area (Å²) in [4.78, 5) is 24.3. The molecule has 6 heteroatoms. The van der Waals surface area contributed by atoms with Gasteiger partial charge in [-0.3, -0.25) is 0 Å². The van der Waals surface area contributed by atoms with E-state index in [1.165, 1.54) is 59.6 Å². The van der Waals surface area contributed by atoms with E-state index < -0.39 is 25.2 Å². The van der Waals surface area contributed by atoms with E-state index in [0.29, 0.717) is 5.92 Å². The molecule has 230 valence electrons. The van der Waals surface area contributed by atoms with E-state index in [-0.39, 0.29) is 36.2 Å². The lowest BCUT2D eigenvalue weighted by molar-refractivity contribution is -0.146. The van der Waals surface area contributed by atoms with Gasteiger partial charge in [0.1, 0.15) is 0 Å². The zero-order valence-electron chi connectivity index (χ0n) is 25.7. The molecule has 0 radical (unpaired) electrons. The third kappa shape index (κ3) is 9.53. The average molecular weight is 579 g/mol. The summed E-state index contributed by atoms with van der Waals surface area (Å²) < 4.78 is 10.8. The monoisotopic (exact) mass is 578 g/mol. The van der Waals surface area contributed by atoms with Gasteiger partial charge in [0, 0.05) is 5.92 Å². The highest BCUT2D eigenvalue weighted by Crippen LogP contribution is 2.41. The van der Waals surface area contributed by atoms with Crippen molar-refractivity contribution < 1.29 is 29.3 Å². The van der Waals surface area contributed by atoms with Gasteiger partial charge in [0.15, 0.2) is 0 Å². The predicted molar refractivity (Wildman–Crippen MR) is 168 cm³/mol. The molecule has 42 heavy (non-hydrogen) atoms. The van der Waals surface area contributed by atoms with Crippen molar-refractivity contribution in [2.24, 2.45) is 11.8 Å². The van der Waals surface area contributed by atoms with Crippen molar-refractivity contribution in [1.82, 2.24) is 0 Å². The van der Waals surface area contributed by atoms with Crippen molar-refractivity contribution in [1.29, 1.82) is 0 Å². The van der Waals surface area contributed by atoms with Gasteiger partial charge < -0.3 is 19.7 Å². The summed E-state index contributed by atoms with van der Waals surface area (Å²) in [5.74, 6) is -0.833. The SMILES string of the molecule is C=C(CO)C(=O)OCC(COC(=O)C(=C)CO)C1CCC(c2cc3ccc(CCCCCCC)cc3cc2CC)CC1. The molecule has 0 spiro atoms. The Bertz CT molecular complexity index is 1170. The molecule has 1 aliphatic carbocycles. The topological polar surface area (TPSA) is 93.1 Å². The number of unbranched alkanes of at least 4 members (excludes halogenated alkanes) is 4. The number of benzene rings is 2. The van der Waals surface area contributed by atoms with Crippen molar-refractivity contribution in [2.45, 2.75) is 90.4 Å². The van der Waals surface area contributed by atoms with Gasteiger partial charge in [0.25, 0.3) is 0 Å². The smallest absolute Gasteiger partial charge is 0.335 e. The third-order valence-electron chi connectivity index (χ3n) is 8.81. The Hall–Kier alpha value is -2.96. The Balaban J connectivity index is 1.67. The van der Waals surface area contributed by atoms with E-state index in [1.807, 2.05) is 0 Å². The second kappa shape index (κ2) is 17.2. The summed E-state index contributed by atoms with van der Waals surface area (Å²) in [6, 6.07) is 11.7. The number of carbonyl (C=O) groups excluding carboxylic acids is 2. The normalized spacial score (nSPS) is 16.9. The lowest BCUT2D eigenvalue weighted by Gasteiger charge is -2.34. The second-order valence-corrected chi connectivity index (χ2v) is 11.8. The highest BCUT2D eigenvalue weighted by molar-refractivity contribution is 5.88. The molecule has 6 nitrogen and oxygen atoms in total. The molecule has 0 unspecified atom stereocenters. The van der Waals surface area contributed by atoms with E-state index >= 15 is 0 Å². The fourth-order valence-corrected chi connectivity index (χ4v) is 6.11. The largest absolute Gasteiger partial charge is 0.462 e. The van der Waals surface area contributed by atoms with Crippen LogP contribution in [0.15, 0.2) is 54.6 Å². The molecule has 1 fully saturated rings. The van der Waals surface area contributed by atoms with Crippen LogP contribution >= 0.6 is 0 Å². The molecule has 0 saturated heterocycles. The molecule has 1 saturated carbocycles. The summed E-state index contributed by atoms with van der Waals surface area (Å²) in [5.41, 5.74) is 4.25. The number of esters is 2. The van der Waals surface area contributed by atoms with Crippen LogP contribution in [0.4, 0.5) is 0 Å². The summed E-state index contributed by atoms with van der Waals surface area (Å²) in [6.07, 6.45) is 12.5.